The number of imidazole rings is 1. The quantitative estimate of drug-likeness (QED) is 0.864. The minimum absolute atomic E-state index is 0.0232. The number of hydrogen-bond donors (Lipinski definition) is 0. The van der Waals surface area contributed by atoms with Crippen LogP contribution in [0.2, 0.25) is 0 Å². The third kappa shape index (κ3) is 2.68. The molecule has 0 N–H and O–H groups in total. The number of nitrogens with zero attached hydrogens (tertiary/aromatic N) is 5. The van der Waals surface area contributed by atoms with Crippen LogP contribution in [0.4, 0.5) is 0 Å². The molecular weight excluding hydrogens is 278 g/mol. The van der Waals surface area contributed by atoms with Gasteiger partial charge in [0.1, 0.15) is 0 Å². The Kier molecular flexibility index (Phi) is 3.50. The predicted molar refractivity (Wildman–Crippen MR) is 82.3 cm³/mol. The molecule has 1 spiro atoms. The fourth-order valence-electron chi connectivity index (χ4n) is 3.92. The van der Waals surface area contributed by atoms with Crippen molar-refractivity contribution >= 4 is 0 Å². The normalized spacial score (nSPS) is 29.4. The van der Waals surface area contributed by atoms with E-state index in [4.69, 9.17) is 4.74 Å². The zero-order chi connectivity index (χ0) is 15.0. The van der Waals surface area contributed by atoms with Crippen LogP contribution in [-0.4, -0.2) is 49.5 Å². The zero-order valence-electron chi connectivity index (χ0n) is 13.1. The molecule has 118 valence electrons. The molecule has 0 radical (unpaired) electrons. The van der Waals surface area contributed by atoms with Crippen molar-refractivity contribution in [2.24, 2.45) is 7.05 Å². The molecule has 2 atom stereocenters. The molecule has 2 aromatic heterocycles. The molecule has 6 nitrogen and oxygen atoms in total. The summed E-state index contributed by atoms with van der Waals surface area (Å²) in [6.45, 7) is 3.94. The molecule has 6 heteroatoms. The largest absolute Gasteiger partial charge is 0.371 e. The third-order valence-corrected chi connectivity index (χ3v) is 4.92. The number of aromatic nitrogens is 4. The molecule has 0 aliphatic carbocycles. The number of ether oxygens (including phenoxy) is 1. The monoisotopic (exact) mass is 301 g/mol. The van der Waals surface area contributed by atoms with Crippen molar-refractivity contribution in [1.82, 2.24) is 24.2 Å². The number of rotatable bonds is 3. The minimum Gasteiger partial charge on any atom is -0.371 e. The molecule has 2 saturated heterocycles. The topological polar surface area (TPSA) is 48.1 Å². The summed E-state index contributed by atoms with van der Waals surface area (Å²) in [6, 6.07) is 0.431. The Labute approximate surface area is 130 Å². The minimum atomic E-state index is 0.0232. The van der Waals surface area contributed by atoms with Crippen LogP contribution in [0.5, 0.6) is 0 Å². The van der Waals surface area contributed by atoms with E-state index in [1.807, 2.05) is 36.6 Å². The van der Waals surface area contributed by atoms with Crippen LogP contribution in [0.3, 0.4) is 0 Å². The van der Waals surface area contributed by atoms with Gasteiger partial charge in [-0.05, 0) is 19.4 Å². The maximum atomic E-state index is 6.28. The molecule has 0 bridgehead atoms. The number of aryl methyl sites for hydroxylation is 1. The Bertz CT molecular complexity index is 622. The maximum Gasteiger partial charge on any atom is 0.0949 e. The lowest BCUT2D eigenvalue weighted by molar-refractivity contribution is -0.0534. The van der Waals surface area contributed by atoms with E-state index in [2.05, 4.69) is 25.7 Å². The highest BCUT2D eigenvalue weighted by molar-refractivity contribution is 5.05. The second-order valence-corrected chi connectivity index (χ2v) is 6.70. The standard InChI is InChI=1S/C16H23N5O/c1-19-9-14(8-18-19)10-20-5-2-3-16(12-20)7-15(11-22-16)21-6-4-17-13-21/h4,6,8-9,13,15H,2-3,5,7,10-12H2,1H3/t15-,16+/m0/s1. The lowest BCUT2D eigenvalue weighted by atomic mass is 9.88. The van der Waals surface area contributed by atoms with Crippen molar-refractivity contribution < 1.29 is 4.74 Å². The van der Waals surface area contributed by atoms with E-state index in [1.165, 1.54) is 18.4 Å². The SMILES string of the molecule is Cn1cc(CN2CCC[C@@]3(C[C@H](n4ccnc4)CO3)C2)cn1. The average Bonchev–Trinajstić information content (AvgIpc) is 3.21. The van der Waals surface area contributed by atoms with Crippen LogP contribution in [-0.2, 0) is 18.3 Å². The summed E-state index contributed by atoms with van der Waals surface area (Å²) in [5.74, 6) is 0. The molecule has 4 heterocycles. The van der Waals surface area contributed by atoms with Crippen molar-refractivity contribution in [3.05, 3.63) is 36.7 Å². The van der Waals surface area contributed by atoms with Crippen LogP contribution in [0.15, 0.2) is 31.1 Å². The summed E-state index contributed by atoms with van der Waals surface area (Å²) < 4.78 is 10.3. The summed E-state index contributed by atoms with van der Waals surface area (Å²) in [6.07, 6.45) is 13.3. The number of piperidine rings is 1. The third-order valence-electron chi connectivity index (χ3n) is 4.92. The van der Waals surface area contributed by atoms with Gasteiger partial charge in [-0.1, -0.05) is 0 Å². The van der Waals surface area contributed by atoms with E-state index in [1.54, 1.807) is 0 Å². The Balaban J connectivity index is 1.42. The highest BCUT2D eigenvalue weighted by Crippen LogP contribution is 2.39. The lowest BCUT2D eigenvalue weighted by Crippen LogP contribution is -2.47. The first-order chi connectivity index (χ1) is 10.7. The predicted octanol–water partition coefficient (Wildman–Crippen LogP) is 1.61. The van der Waals surface area contributed by atoms with Gasteiger partial charge in [-0.25, -0.2) is 4.98 Å². The van der Waals surface area contributed by atoms with Crippen molar-refractivity contribution in [2.45, 2.75) is 37.5 Å². The molecule has 2 fully saturated rings. The lowest BCUT2D eigenvalue weighted by Gasteiger charge is -2.39. The highest BCUT2D eigenvalue weighted by Gasteiger charge is 2.43. The molecule has 2 aromatic rings. The van der Waals surface area contributed by atoms with Crippen molar-refractivity contribution in [3.63, 3.8) is 0 Å². The smallest absolute Gasteiger partial charge is 0.0949 e. The summed E-state index contributed by atoms with van der Waals surface area (Å²) in [7, 11) is 1.97. The van der Waals surface area contributed by atoms with Gasteiger partial charge in [-0.3, -0.25) is 9.58 Å². The molecule has 2 aliphatic rings. The Morgan fingerprint density at radius 1 is 1.45 bits per heavy atom. The summed E-state index contributed by atoms with van der Waals surface area (Å²) >= 11 is 0. The van der Waals surface area contributed by atoms with E-state index in [-0.39, 0.29) is 5.60 Å². The molecule has 0 amide bonds. The first kappa shape index (κ1) is 14.0. The zero-order valence-corrected chi connectivity index (χ0v) is 13.1. The van der Waals surface area contributed by atoms with E-state index < -0.39 is 0 Å². The van der Waals surface area contributed by atoms with Gasteiger partial charge >= 0.3 is 0 Å². The van der Waals surface area contributed by atoms with Crippen LogP contribution < -0.4 is 0 Å². The molecule has 2 aliphatic heterocycles. The van der Waals surface area contributed by atoms with Crippen LogP contribution >= 0.6 is 0 Å². The Hall–Kier alpha value is -1.66. The maximum absolute atomic E-state index is 6.28. The number of hydrogen-bond acceptors (Lipinski definition) is 4. The second-order valence-electron chi connectivity index (χ2n) is 6.70. The summed E-state index contributed by atoms with van der Waals surface area (Å²) in [5, 5.41) is 4.27. The Morgan fingerprint density at radius 3 is 3.18 bits per heavy atom. The van der Waals surface area contributed by atoms with E-state index >= 15 is 0 Å². The molecule has 4 rings (SSSR count). The average molecular weight is 301 g/mol. The van der Waals surface area contributed by atoms with Crippen molar-refractivity contribution in [3.8, 4) is 0 Å². The molecule has 0 saturated carbocycles. The molecule has 22 heavy (non-hydrogen) atoms. The van der Waals surface area contributed by atoms with Crippen molar-refractivity contribution in [1.29, 1.82) is 0 Å². The van der Waals surface area contributed by atoms with Gasteiger partial charge in [0.05, 0.1) is 30.8 Å². The number of likely N-dealkylation sites (tertiary alicyclic amines) is 1. The highest BCUT2D eigenvalue weighted by atomic mass is 16.5. The first-order valence-corrected chi connectivity index (χ1v) is 8.04. The molecule has 0 aromatic carbocycles. The Morgan fingerprint density at radius 2 is 2.41 bits per heavy atom. The van der Waals surface area contributed by atoms with E-state index in [9.17, 15) is 0 Å². The van der Waals surface area contributed by atoms with Crippen molar-refractivity contribution in [2.75, 3.05) is 19.7 Å². The van der Waals surface area contributed by atoms with Gasteiger partial charge in [-0.15, -0.1) is 0 Å². The van der Waals surface area contributed by atoms with E-state index in [0.29, 0.717) is 6.04 Å². The van der Waals surface area contributed by atoms with Gasteiger partial charge in [0, 0.05) is 50.7 Å². The van der Waals surface area contributed by atoms with Gasteiger partial charge < -0.3 is 9.30 Å². The van der Waals surface area contributed by atoms with Gasteiger partial charge in [0.15, 0.2) is 0 Å². The summed E-state index contributed by atoms with van der Waals surface area (Å²) in [5.41, 5.74) is 1.30. The van der Waals surface area contributed by atoms with Gasteiger partial charge in [0.2, 0.25) is 0 Å². The van der Waals surface area contributed by atoms with Gasteiger partial charge in [0.25, 0.3) is 0 Å². The second kappa shape index (κ2) is 5.52. The fourth-order valence-corrected chi connectivity index (χ4v) is 3.92. The molecule has 0 unspecified atom stereocenters. The van der Waals surface area contributed by atoms with Crippen LogP contribution in [0, 0.1) is 0 Å². The van der Waals surface area contributed by atoms with Crippen LogP contribution in [0.1, 0.15) is 30.9 Å². The van der Waals surface area contributed by atoms with E-state index in [0.717, 1.165) is 32.7 Å². The first-order valence-electron chi connectivity index (χ1n) is 8.04. The van der Waals surface area contributed by atoms with Gasteiger partial charge in [-0.2, -0.15) is 5.10 Å². The molecular formula is C16H23N5O. The fraction of sp³-hybridized carbons (Fsp3) is 0.625. The summed E-state index contributed by atoms with van der Waals surface area (Å²) in [4.78, 5) is 6.67. The van der Waals surface area contributed by atoms with Crippen LogP contribution in [0.25, 0.3) is 0 Å².